The number of para-hydroxylation sites is 2. The predicted octanol–water partition coefficient (Wildman–Crippen LogP) is 2.59. The van der Waals surface area contributed by atoms with E-state index in [1.807, 2.05) is 24.3 Å². The second-order valence-corrected chi connectivity index (χ2v) is 3.56. The Bertz CT molecular complexity index is 279. The van der Waals surface area contributed by atoms with Crippen molar-refractivity contribution in [2.75, 3.05) is 5.73 Å². The third kappa shape index (κ3) is 1.94. The summed E-state index contributed by atoms with van der Waals surface area (Å²) < 4.78 is 5.78. The summed E-state index contributed by atoms with van der Waals surface area (Å²) in [6, 6.07) is 7.70. The summed E-state index contributed by atoms with van der Waals surface area (Å²) >= 11 is 0. The smallest absolute Gasteiger partial charge is 0.142 e. The van der Waals surface area contributed by atoms with Gasteiger partial charge in [0.05, 0.1) is 11.8 Å². The number of benzene rings is 1. The fraction of sp³-hybridized carbons (Fsp3) is 0.455. The molecule has 0 saturated heterocycles. The Hall–Kier alpha value is -1.18. The van der Waals surface area contributed by atoms with Gasteiger partial charge in [-0.1, -0.05) is 12.1 Å². The first-order chi connectivity index (χ1) is 6.36. The minimum Gasteiger partial charge on any atom is -0.488 e. The van der Waals surface area contributed by atoms with Gasteiger partial charge < -0.3 is 10.5 Å². The normalized spacial score (nSPS) is 17.5. The van der Waals surface area contributed by atoms with Crippen molar-refractivity contribution in [2.45, 2.75) is 31.8 Å². The summed E-state index contributed by atoms with van der Waals surface area (Å²) in [7, 11) is 0. The average molecular weight is 177 g/mol. The van der Waals surface area contributed by atoms with Crippen molar-refractivity contribution in [1.29, 1.82) is 0 Å². The van der Waals surface area contributed by atoms with Gasteiger partial charge in [-0.2, -0.15) is 0 Å². The Morgan fingerprint density at radius 3 is 2.54 bits per heavy atom. The Balaban J connectivity index is 2.04. The van der Waals surface area contributed by atoms with Crippen LogP contribution in [0.2, 0.25) is 0 Å². The molecule has 0 amide bonds. The fourth-order valence-electron chi connectivity index (χ4n) is 1.77. The zero-order chi connectivity index (χ0) is 9.10. The molecule has 0 unspecified atom stereocenters. The number of hydrogen-bond acceptors (Lipinski definition) is 2. The summed E-state index contributed by atoms with van der Waals surface area (Å²) in [5.74, 6) is 0.842. The van der Waals surface area contributed by atoms with Gasteiger partial charge in [0.2, 0.25) is 0 Å². The average Bonchev–Trinajstić information content (AvgIpc) is 2.61. The summed E-state index contributed by atoms with van der Waals surface area (Å²) in [6.07, 6.45) is 5.32. The lowest BCUT2D eigenvalue weighted by Crippen LogP contribution is -2.11. The molecule has 0 spiro atoms. The highest BCUT2D eigenvalue weighted by Gasteiger charge is 2.16. The molecule has 1 aliphatic carbocycles. The maximum Gasteiger partial charge on any atom is 0.142 e. The number of nitrogen functional groups attached to an aromatic ring is 1. The van der Waals surface area contributed by atoms with Crippen LogP contribution in [0.15, 0.2) is 24.3 Å². The van der Waals surface area contributed by atoms with Crippen LogP contribution in [0, 0.1) is 0 Å². The van der Waals surface area contributed by atoms with E-state index in [0.717, 1.165) is 11.4 Å². The summed E-state index contributed by atoms with van der Waals surface area (Å²) in [4.78, 5) is 0. The number of ether oxygens (including phenoxy) is 1. The monoisotopic (exact) mass is 177 g/mol. The van der Waals surface area contributed by atoms with E-state index in [2.05, 4.69) is 0 Å². The molecule has 2 N–H and O–H groups in total. The number of hydrogen-bond donors (Lipinski definition) is 1. The van der Waals surface area contributed by atoms with Crippen molar-refractivity contribution in [1.82, 2.24) is 0 Å². The van der Waals surface area contributed by atoms with Crippen LogP contribution in [0.3, 0.4) is 0 Å². The lowest BCUT2D eigenvalue weighted by atomic mass is 10.2. The topological polar surface area (TPSA) is 35.2 Å². The van der Waals surface area contributed by atoms with Crippen molar-refractivity contribution in [2.24, 2.45) is 0 Å². The molecule has 13 heavy (non-hydrogen) atoms. The van der Waals surface area contributed by atoms with E-state index < -0.39 is 0 Å². The van der Waals surface area contributed by atoms with E-state index in [-0.39, 0.29) is 0 Å². The molecule has 0 aliphatic heterocycles. The highest BCUT2D eigenvalue weighted by atomic mass is 16.5. The molecule has 0 atom stereocenters. The Labute approximate surface area is 78.7 Å². The van der Waals surface area contributed by atoms with Gasteiger partial charge in [0, 0.05) is 0 Å². The van der Waals surface area contributed by atoms with Crippen molar-refractivity contribution >= 4 is 5.69 Å². The van der Waals surface area contributed by atoms with Crippen LogP contribution in [0.25, 0.3) is 0 Å². The lowest BCUT2D eigenvalue weighted by Gasteiger charge is -2.14. The first-order valence-electron chi connectivity index (χ1n) is 4.87. The molecule has 70 valence electrons. The molecule has 0 radical (unpaired) electrons. The standard InChI is InChI=1S/C11H15NO/c12-10-7-3-4-8-11(10)13-9-5-1-2-6-9/h3-4,7-9H,1-2,5-6,12H2. The van der Waals surface area contributed by atoms with E-state index >= 15 is 0 Å². The minimum absolute atomic E-state index is 0.393. The maximum atomic E-state index is 5.78. The van der Waals surface area contributed by atoms with Gasteiger partial charge in [-0.3, -0.25) is 0 Å². The Morgan fingerprint density at radius 2 is 1.85 bits per heavy atom. The summed E-state index contributed by atoms with van der Waals surface area (Å²) in [6.45, 7) is 0. The maximum absolute atomic E-state index is 5.78. The van der Waals surface area contributed by atoms with Gasteiger partial charge in [-0.15, -0.1) is 0 Å². The molecular weight excluding hydrogens is 162 g/mol. The second-order valence-electron chi connectivity index (χ2n) is 3.56. The van der Waals surface area contributed by atoms with Gasteiger partial charge in [-0.05, 0) is 37.8 Å². The summed E-state index contributed by atoms with van der Waals surface area (Å²) in [5.41, 5.74) is 6.52. The zero-order valence-electron chi connectivity index (χ0n) is 7.70. The molecular formula is C11H15NO. The van der Waals surface area contributed by atoms with Gasteiger partial charge in [-0.25, -0.2) is 0 Å². The van der Waals surface area contributed by atoms with Gasteiger partial charge in [0.1, 0.15) is 5.75 Å². The van der Waals surface area contributed by atoms with E-state index in [1.165, 1.54) is 25.7 Å². The molecule has 1 fully saturated rings. The van der Waals surface area contributed by atoms with Crippen molar-refractivity contribution in [3.05, 3.63) is 24.3 Å². The van der Waals surface area contributed by atoms with Crippen LogP contribution in [0.1, 0.15) is 25.7 Å². The minimum atomic E-state index is 0.393. The van der Waals surface area contributed by atoms with Crippen LogP contribution in [-0.2, 0) is 0 Å². The molecule has 1 saturated carbocycles. The van der Waals surface area contributed by atoms with Gasteiger partial charge >= 0.3 is 0 Å². The van der Waals surface area contributed by atoms with Crippen molar-refractivity contribution < 1.29 is 4.74 Å². The van der Waals surface area contributed by atoms with E-state index in [0.29, 0.717) is 6.10 Å². The molecule has 2 nitrogen and oxygen atoms in total. The molecule has 0 bridgehead atoms. The van der Waals surface area contributed by atoms with Gasteiger partial charge in [0.25, 0.3) is 0 Å². The third-order valence-electron chi connectivity index (χ3n) is 2.51. The second kappa shape index (κ2) is 3.69. The van der Waals surface area contributed by atoms with E-state index in [4.69, 9.17) is 10.5 Å². The largest absolute Gasteiger partial charge is 0.488 e. The Kier molecular flexibility index (Phi) is 2.39. The summed E-state index contributed by atoms with van der Waals surface area (Å²) in [5, 5.41) is 0. The SMILES string of the molecule is Nc1ccccc1OC1CCCC1. The first kappa shape index (κ1) is 8.42. The van der Waals surface area contributed by atoms with Crippen LogP contribution in [0.4, 0.5) is 5.69 Å². The first-order valence-corrected chi connectivity index (χ1v) is 4.87. The van der Waals surface area contributed by atoms with Crippen molar-refractivity contribution in [3.63, 3.8) is 0 Å². The molecule has 2 rings (SSSR count). The van der Waals surface area contributed by atoms with Crippen LogP contribution < -0.4 is 10.5 Å². The quantitative estimate of drug-likeness (QED) is 0.705. The van der Waals surface area contributed by atoms with Crippen LogP contribution in [-0.4, -0.2) is 6.10 Å². The highest BCUT2D eigenvalue weighted by Crippen LogP contribution is 2.27. The lowest BCUT2D eigenvalue weighted by molar-refractivity contribution is 0.211. The third-order valence-corrected chi connectivity index (χ3v) is 2.51. The van der Waals surface area contributed by atoms with E-state index in [1.54, 1.807) is 0 Å². The molecule has 1 aliphatic rings. The molecule has 0 heterocycles. The van der Waals surface area contributed by atoms with Crippen LogP contribution >= 0.6 is 0 Å². The molecule has 1 aromatic carbocycles. The number of nitrogens with two attached hydrogens (primary N) is 1. The van der Waals surface area contributed by atoms with Crippen LogP contribution in [0.5, 0.6) is 5.75 Å². The number of rotatable bonds is 2. The predicted molar refractivity (Wildman–Crippen MR) is 53.7 cm³/mol. The van der Waals surface area contributed by atoms with Gasteiger partial charge in [0.15, 0.2) is 0 Å². The number of anilines is 1. The highest BCUT2D eigenvalue weighted by molar-refractivity contribution is 5.51. The molecule has 0 aromatic heterocycles. The Morgan fingerprint density at radius 1 is 1.15 bits per heavy atom. The van der Waals surface area contributed by atoms with E-state index in [9.17, 15) is 0 Å². The fourth-order valence-corrected chi connectivity index (χ4v) is 1.77. The zero-order valence-corrected chi connectivity index (χ0v) is 7.70. The molecule has 1 aromatic rings. The molecule has 2 heteroatoms. The van der Waals surface area contributed by atoms with Crippen molar-refractivity contribution in [3.8, 4) is 5.75 Å².